The molecule has 1 fully saturated rings. The van der Waals surface area contributed by atoms with Gasteiger partial charge in [0.25, 0.3) is 5.91 Å². The fourth-order valence-corrected chi connectivity index (χ4v) is 4.84. The molecule has 2 aromatic heterocycles. The van der Waals surface area contributed by atoms with E-state index in [0.717, 1.165) is 24.1 Å². The minimum atomic E-state index is -0.207. The zero-order chi connectivity index (χ0) is 25.2. The molecule has 0 saturated carbocycles. The molecule has 1 aliphatic heterocycles. The van der Waals surface area contributed by atoms with Gasteiger partial charge in [0, 0.05) is 29.9 Å². The minimum absolute atomic E-state index is 0.0749. The number of hydrogen-bond acceptors (Lipinski definition) is 5. The van der Waals surface area contributed by atoms with Crippen molar-refractivity contribution >= 4 is 45.8 Å². The number of carbonyl (C=O) groups is 2. The average Bonchev–Trinajstić information content (AvgIpc) is 3.33. The van der Waals surface area contributed by atoms with Crippen molar-refractivity contribution in [3.05, 3.63) is 84.0 Å². The standard InChI is InChI=1S/C27H25ClN6O2/c1-2-22(35)33-14-6-9-20(16-33)34-25-21(28)15-30-26(29)23(25)24(32-34)17-10-12-18(13-11-17)27(36)31-19-7-4-3-5-8-19/h2-5,7-8,10-13,15,20H,1,6,9,14,16H2,(H2,29,30)(H,31,36). The van der Waals surface area contributed by atoms with Gasteiger partial charge in [0.1, 0.15) is 11.5 Å². The Morgan fingerprint density at radius 2 is 1.89 bits per heavy atom. The number of rotatable bonds is 5. The molecule has 4 aromatic rings. The second-order valence-corrected chi connectivity index (χ2v) is 9.10. The summed E-state index contributed by atoms with van der Waals surface area (Å²) in [7, 11) is 0. The van der Waals surface area contributed by atoms with Crippen LogP contribution in [0.2, 0.25) is 5.02 Å². The smallest absolute Gasteiger partial charge is 0.255 e. The molecule has 2 aromatic carbocycles. The summed E-state index contributed by atoms with van der Waals surface area (Å²) in [6.07, 6.45) is 4.53. The predicted molar refractivity (Wildman–Crippen MR) is 142 cm³/mol. The zero-order valence-corrected chi connectivity index (χ0v) is 20.3. The number of nitrogens with zero attached hydrogens (tertiary/aromatic N) is 4. The quantitative estimate of drug-likeness (QED) is 0.378. The van der Waals surface area contributed by atoms with Gasteiger partial charge in [0.2, 0.25) is 5.91 Å². The first kappa shape index (κ1) is 23.6. The predicted octanol–water partition coefficient (Wildman–Crippen LogP) is 4.94. The molecule has 36 heavy (non-hydrogen) atoms. The van der Waals surface area contributed by atoms with E-state index in [2.05, 4.69) is 16.9 Å². The van der Waals surface area contributed by atoms with Crippen molar-refractivity contribution in [2.75, 3.05) is 24.1 Å². The number of anilines is 2. The van der Waals surface area contributed by atoms with Crippen LogP contribution in [0, 0.1) is 0 Å². The highest BCUT2D eigenvalue weighted by molar-refractivity contribution is 6.35. The summed E-state index contributed by atoms with van der Waals surface area (Å²) in [4.78, 5) is 30.9. The largest absolute Gasteiger partial charge is 0.383 e. The van der Waals surface area contributed by atoms with Crippen LogP contribution in [-0.4, -0.2) is 44.6 Å². The van der Waals surface area contributed by atoms with E-state index in [-0.39, 0.29) is 17.9 Å². The van der Waals surface area contributed by atoms with Crippen LogP contribution < -0.4 is 11.1 Å². The fraction of sp³-hybridized carbons (Fsp3) is 0.185. The van der Waals surface area contributed by atoms with Crippen molar-refractivity contribution in [3.8, 4) is 11.3 Å². The fourth-order valence-electron chi connectivity index (χ4n) is 4.61. The molecule has 3 heterocycles. The number of carbonyl (C=O) groups excluding carboxylic acids is 2. The molecule has 0 radical (unpaired) electrons. The molecule has 1 aliphatic rings. The van der Waals surface area contributed by atoms with E-state index in [1.165, 1.54) is 12.3 Å². The summed E-state index contributed by atoms with van der Waals surface area (Å²) in [6, 6.07) is 16.4. The molecule has 5 rings (SSSR count). The number of fused-ring (bicyclic) bond motifs is 1. The van der Waals surface area contributed by atoms with E-state index < -0.39 is 0 Å². The second-order valence-electron chi connectivity index (χ2n) is 8.69. The minimum Gasteiger partial charge on any atom is -0.383 e. The number of halogens is 1. The second kappa shape index (κ2) is 9.83. The highest BCUT2D eigenvalue weighted by atomic mass is 35.5. The first-order valence-electron chi connectivity index (χ1n) is 11.7. The Labute approximate surface area is 213 Å². The molecule has 0 aliphatic carbocycles. The molecule has 0 bridgehead atoms. The number of pyridine rings is 1. The Morgan fingerprint density at radius 1 is 1.14 bits per heavy atom. The number of hydrogen-bond donors (Lipinski definition) is 2. The number of aromatic nitrogens is 3. The van der Waals surface area contributed by atoms with Gasteiger partial charge in [-0.25, -0.2) is 4.98 Å². The molecule has 1 saturated heterocycles. The van der Waals surface area contributed by atoms with Gasteiger partial charge in [-0.2, -0.15) is 5.10 Å². The highest BCUT2D eigenvalue weighted by Gasteiger charge is 2.28. The Hall–Kier alpha value is -4.17. The molecule has 0 spiro atoms. The molecule has 1 unspecified atom stereocenters. The van der Waals surface area contributed by atoms with E-state index in [9.17, 15) is 9.59 Å². The summed E-state index contributed by atoms with van der Waals surface area (Å²) in [6.45, 7) is 4.78. The lowest BCUT2D eigenvalue weighted by Gasteiger charge is -2.32. The van der Waals surface area contributed by atoms with Crippen molar-refractivity contribution in [2.24, 2.45) is 0 Å². The van der Waals surface area contributed by atoms with Crippen LogP contribution in [0.4, 0.5) is 11.5 Å². The lowest BCUT2D eigenvalue weighted by Crippen LogP contribution is -2.40. The van der Waals surface area contributed by atoms with E-state index in [1.54, 1.807) is 17.0 Å². The third-order valence-corrected chi connectivity index (χ3v) is 6.67. The summed E-state index contributed by atoms with van der Waals surface area (Å²) < 4.78 is 1.86. The number of nitrogens with one attached hydrogen (secondary N) is 1. The molecular weight excluding hydrogens is 476 g/mol. The number of nitrogen functional groups attached to an aromatic ring is 1. The van der Waals surface area contributed by atoms with Crippen molar-refractivity contribution < 1.29 is 9.59 Å². The summed E-state index contributed by atoms with van der Waals surface area (Å²) in [5.74, 6) is 0.00552. The first-order chi connectivity index (χ1) is 17.5. The topological polar surface area (TPSA) is 106 Å². The van der Waals surface area contributed by atoms with Gasteiger partial charge >= 0.3 is 0 Å². The van der Waals surface area contributed by atoms with Gasteiger partial charge in [-0.3, -0.25) is 14.3 Å². The summed E-state index contributed by atoms with van der Waals surface area (Å²) in [5.41, 5.74) is 9.63. The summed E-state index contributed by atoms with van der Waals surface area (Å²) >= 11 is 6.60. The van der Waals surface area contributed by atoms with Crippen LogP contribution in [0.3, 0.4) is 0 Å². The number of amides is 2. The lowest BCUT2D eigenvalue weighted by molar-refractivity contribution is -0.127. The monoisotopic (exact) mass is 500 g/mol. The summed E-state index contributed by atoms with van der Waals surface area (Å²) in [5, 5.41) is 8.88. The number of likely N-dealkylation sites (tertiary alicyclic amines) is 1. The average molecular weight is 501 g/mol. The lowest BCUT2D eigenvalue weighted by atomic mass is 10.0. The molecular formula is C27H25ClN6O2. The Morgan fingerprint density at radius 3 is 2.61 bits per heavy atom. The van der Waals surface area contributed by atoms with Crippen LogP contribution in [-0.2, 0) is 4.79 Å². The van der Waals surface area contributed by atoms with Crippen LogP contribution in [0.25, 0.3) is 22.2 Å². The molecule has 8 nitrogen and oxygen atoms in total. The van der Waals surface area contributed by atoms with Crippen molar-refractivity contribution in [2.45, 2.75) is 18.9 Å². The van der Waals surface area contributed by atoms with Crippen molar-refractivity contribution in [1.29, 1.82) is 0 Å². The highest BCUT2D eigenvalue weighted by Crippen LogP contribution is 2.38. The van der Waals surface area contributed by atoms with Gasteiger partial charge in [-0.05, 0) is 43.2 Å². The maximum Gasteiger partial charge on any atom is 0.255 e. The van der Waals surface area contributed by atoms with Crippen molar-refractivity contribution in [3.63, 3.8) is 0 Å². The van der Waals surface area contributed by atoms with Crippen LogP contribution >= 0.6 is 11.6 Å². The van der Waals surface area contributed by atoms with Crippen molar-refractivity contribution in [1.82, 2.24) is 19.7 Å². The zero-order valence-electron chi connectivity index (χ0n) is 19.5. The molecule has 1 atom stereocenters. The van der Waals surface area contributed by atoms with Gasteiger partial charge < -0.3 is 16.0 Å². The van der Waals surface area contributed by atoms with E-state index in [0.29, 0.717) is 46.1 Å². The SMILES string of the molecule is C=CC(=O)N1CCCC(n2nc(-c3ccc(C(=O)Nc4ccccc4)cc3)c3c(N)ncc(Cl)c32)C1. The van der Waals surface area contributed by atoms with Crippen LogP contribution in [0.15, 0.2) is 73.4 Å². The number of nitrogens with two attached hydrogens (primary N) is 1. The molecule has 3 N–H and O–H groups in total. The van der Waals surface area contributed by atoms with Gasteiger partial charge in [-0.1, -0.05) is 48.5 Å². The van der Waals surface area contributed by atoms with E-state index >= 15 is 0 Å². The molecule has 182 valence electrons. The third-order valence-electron chi connectivity index (χ3n) is 6.39. The third kappa shape index (κ3) is 4.43. The Bertz CT molecular complexity index is 1450. The van der Waals surface area contributed by atoms with E-state index in [1.807, 2.05) is 47.1 Å². The number of benzene rings is 2. The Kier molecular flexibility index (Phi) is 6.43. The van der Waals surface area contributed by atoms with Crippen LogP contribution in [0.1, 0.15) is 29.2 Å². The van der Waals surface area contributed by atoms with E-state index in [4.69, 9.17) is 22.4 Å². The normalized spacial score (nSPS) is 15.6. The molecule has 2 amide bonds. The van der Waals surface area contributed by atoms with Gasteiger partial charge in [-0.15, -0.1) is 0 Å². The Balaban J connectivity index is 1.51. The maximum atomic E-state index is 12.7. The first-order valence-corrected chi connectivity index (χ1v) is 12.0. The van der Waals surface area contributed by atoms with Gasteiger partial charge in [0.15, 0.2) is 0 Å². The maximum absolute atomic E-state index is 12.7. The number of para-hydroxylation sites is 1. The van der Waals surface area contributed by atoms with Crippen LogP contribution in [0.5, 0.6) is 0 Å². The number of piperidine rings is 1. The molecule has 9 heteroatoms. The van der Waals surface area contributed by atoms with Gasteiger partial charge in [0.05, 0.1) is 28.2 Å².